The molecule has 0 aromatic heterocycles. The van der Waals surface area contributed by atoms with Gasteiger partial charge in [0.25, 0.3) is 0 Å². The van der Waals surface area contributed by atoms with Crippen molar-refractivity contribution >= 4 is 27.3 Å². The Kier molecular flexibility index (Phi) is 5.99. The van der Waals surface area contributed by atoms with Crippen molar-refractivity contribution in [3.05, 3.63) is 23.0 Å². The molecule has 0 saturated heterocycles. The lowest BCUT2D eigenvalue weighted by Crippen LogP contribution is -2.26. The van der Waals surface area contributed by atoms with Gasteiger partial charge in [-0.3, -0.25) is 0 Å². The minimum Gasteiger partial charge on any atom is -0.396 e. The number of nitrogens with one attached hydrogen (secondary N) is 1. The van der Waals surface area contributed by atoms with Crippen LogP contribution in [0.3, 0.4) is 0 Å². The Bertz CT molecular complexity index is 537. The average Bonchev–Trinajstić information content (AvgIpc) is 2.33. The Morgan fingerprint density at radius 1 is 1.47 bits per heavy atom. The molecular formula is C11H16ClFN2O3S. The Balaban J connectivity index is 2.78. The van der Waals surface area contributed by atoms with Crippen molar-refractivity contribution in [1.82, 2.24) is 4.72 Å². The van der Waals surface area contributed by atoms with Crippen LogP contribution in [-0.2, 0) is 14.8 Å². The van der Waals surface area contributed by atoms with Gasteiger partial charge in [-0.25, -0.2) is 17.5 Å². The molecule has 0 aliphatic rings. The Hall–Kier alpha value is -0.890. The summed E-state index contributed by atoms with van der Waals surface area (Å²) in [7, 11) is -3.97. The van der Waals surface area contributed by atoms with E-state index in [1.54, 1.807) is 0 Å². The summed E-state index contributed by atoms with van der Waals surface area (Å²) in [5.74, 6) is -0.998. The van der Waals surface area contributed by atoms with Crippen LogP contribution in [0.25, 0.3) is 0 Å². The molecule has 0 heterocycles. The average molecular weight is 311 g/mol. The van der Waals surface area contributed by atoms with Crippen LogP contribution in [0.1, 0.15) is 13.3 Å². The van der Waals surface area contributed by atoms with Crippen LogP contribution in [0.2, 0.25) is 5.02 Å². The van der Waals surface area contributed by atoms with Gasteiger partial charge in [0, 0.05) is 24.8 Å². The number of hydrogen-bond acceptors (Lipinski definition) is 4. The fourth-order valence-electron chi connectivity index (χ4n) is 1.38. The zero-order valence-corrected chi connectivity index (χ0v) is 12.0. The Morgan fingerprint density at radius 3 is 2.79 bits per heavy atom. The summed E-state index contributed by atoms with van der Waals surface area (Å²) in [6, 6.07) is 2.18. The highest BCUT2D eigenvalue weighted by Crippen LogP contribution is 2.24. The molecule has 0 bridgehead atoms. The molecule has 0 radical (unpaired) electrons. The third-order valence-electron chi connectivity index (χ3n) is 2.28. The van der Waals surface area contributed by atoms with Crippen LogP contribution in [0.15, 0.2) is 17.0 Å². The van der Waals surface area contributed by atoms with Gasteiger partial charge in [-0.15, -0.1) is 0 Å². The number of anilines is 1. The molecule has 1 rings (SSSR count). The van der Waals surface area contributed by atoms with Gasteiger partial charge in [-0.1, -0.05) is 11.6 Å². The zero-order chi connectivity index (χ0) is 14.5. The van der Waals surface area contributed by atoms with Gasteiger partial charge in [0.2, 0.25) is 10.0 Å². The number of halogens is 2. The number of rotatable bonds is 7. The molecule has 1 aromatic carbocycles. The second-order valence-electron chi connectivity index (χ2n) is 3.76. The first kappa shape index (κ1) is 16.2. The topological polar surface area (TPSA) is 81.4 Å². The van der Waals surface area contributed by atoms with E-state index >= 15 is 0 Å². The SMILES string of the molecule is CCOCCCNS(=O)(=O)c1cc(Cl)cc(N)c1F. The lowest BCUT2D eigenvalue weighted by atomic mass is 10.3. The van der Waals surface area contributed by atoms with Crippen LogP contribution >= 0.6 is 11.6 Å². The maximum atomic E-state index is 13.7. The molecule has 3 N–H and O–H groups in total. The molecule has 5 nitrogen and oxygen atoms in total. The monoisotopic (exact) mass is 310 g/mol. The first-order valence-electron chi connectivity index (χ1n) is 5.70. The Labute approximate surface area is 116 Å². The molecule has 0 fully saturated rings. The van der Waals surface area contributed by atoms with Gasteiger partial charge in [0.1, 0.15) is 4.90 Å². The fourth-order valence-corrected chi connectivity index (χ4v) is 2.88. The van der Waals surface area contributed by atoms with Crippen LogP contribution < -0.4 is 10.5 Å². The lowest BCUT2D eigenvalue weighted by molar-refractivity contribution is 0.146. The summed E-state index contributed by atoms with van der Waals surface area (Å²) in [4.78, 5) is -0.547. The predicted molar refractivity (Wildman–Crippen MR) is 72.1 cm³/mol. The number of hydrogen-bond donors (Lipinski definition) is 2. The first-order chi connectivity index (χ1) is 8.88. The number of nitrogens with two attached hydrogens (primary N) is 1. The van der Waals surface area contributed by atoms with E-state index in [-0.39, 0.29) is 17.3 Å². The molecule has 0 aliphatic carbocycles. The predicted octanol–water partition coefficient (Wildman–Crippen LogP) is 1.77. The van der Waals surface area contributed by atoms with Gasteiger partial charge in [-0.2, -0.15) is 0 Å². The van der Waals surface area contributed by atoms with E-state index in [9.17, 15) is 12.8 Å². The number of sulfonamides is 1. The van der Waals surface area contributed by atoms with Crippen molar-refractivity contribution in [2.45, 2.75) is 18.2 Å². The van der Waals surface area contributed by atoms with Gasteiger partial charge in [0.15, 0.2) is 5.82 Å². The molecule has 8 heteroatoms. The molecular weight excluding hydrogens is 295 g/mol. The highest BCUT2D eigenvalue weighted by molar-refractivity contribution is 7.89. The molecule has 0 atom stereocenters. The zero-order valence-electron chi connectivity index (χ0n) is 10.4. The molecule has 1 aromatic rings. The van der Waals surface area contributed by atoms with E-state index in [1.165, 1.54) is 0 Å². The maximum Gasteiger partial charge on any atom is 0.243 e. The quantitative estimate of drug-likeness (QED) is 0.594. The molecule has 108 valence electrons. The standard InChI is InChI=1S/C11H16ClFN2O3S/c1-2-18-5-3-4-15-19(16,17)10-7-8(12)6-9(14)11(10)13/h6-7,15H,2-5,14H2,1H3. The molecule has 0 amide bonds. The van der Waals surface area contributed by atoms with Gasteiger partial charge in [0.05, 0.1) is 5.69 Å². The van der Waals surface area contributed by atoms with Crippen molar-refractivity contribution < 1.29 is 17.5 Å². The summed E-state index contributed by atoms with van der Waals surface area (Å²) < 4.78 is 44.8. The Morgan fingerprint density at radius 2 is 2.16 bits per heavy atom. The highest BCUT2D eigenvalue weighted by atomic mass is 35.5. The second-order valence-corrected chi connectivity index (χ2v) is 5.93. The summed E-state index contributed by atoms with van der Waals surface area (Å²) >= 11 is 5.67. The minimum atomic E-state index is -3.97. The van der Waals surface area contributed by atoms with E-state index in [1.807, 2.05) is 6.92 Å². The largest absolute Gasteiger partial charge is 0.396 e. The smallest absolute Gasteiger partial charge is 0.243 e. The van der Waals surface area contributed by atoms with Gasteiger partial charge < -0.3 is 10.5 Å². The molecule has 0 spiro atoms. The van der Waals surface area contributed by atoms with Crippen LogP contribution in [0.5, 0.6) is 0 Å². The van der Waals surface area contributed by atoms with Crippen LogP contribution in [0, 0.1) is 5.82 Å². The number of nitrogen functional groups attached to an aromatic ring is 1. The summed E-state index contributed by atoms with van der Waals surface area (Å²) in [5.41, 5.74) is 5.04. The highest BCUT2D eigenvalue weighted by Gasteiger charge is 2.21. The number of benzene rings is 1. The van der Waals surface area contributed by atoms with E-state index in [2.05, 4.69) is 4.72 Å². The first-order valence-corrected chi connectivity index (χ1v) is 7.56. The molecule has 0 unspecified atom stereocenters. The fraction of sp³-hybridized carbons (Fsp3) is 0.455. The summed E-state index contributed by atoms with van der Waals surface area (Å²) in [5, 5.41) is 0.0635. The van der Waals surface area contributed by atoms with Crippen molar-refractivity contribution in [2.24, 2.45) is 0 Å². The van der Waals surface area contributed by atoms with E-state index in [0.29, 0.717) is 19.6 Å². The van der Waals surface area contributed by atoms with Crippen LogP contribution in [0.4, 0.5) is 10.1 Å². The normalized spacial score (nSPS) is 11.7. The molecule has 0 aliphatic heterocycles. The van der Waals surface area contributed by atoms with Crippen molar-refractivity contribution in [1.29, 1.82) is 0 Å². The third-order valence-corrected chi connectivity index (χ3v) is 3.96. The molecule has 0 saturated carbocycles. The van der Waals surface area contributed by atoms with Gasteiger partial charge >= 0.3 is 0 Å². The van der Waals surface area contributed by atoms with E-state index < -0.39 is 20.7 Å². The van der Waals surface area contributed by atoms with E-state index in [0.717, 1.165) is 12.1 Å². The summed E-state index contributed by atoms with van der Waals surface area (Å²) in [6.07, 6.45) is 0.491. The lowest BCUT2D eigenvalue weighted by Gasteiger charge is -2.09. The van der Waals surface area contributed by atoms with Crippen LogP contribution in [-0.4, -0.2) is 28.2 Å². The minimum absolute atomic E-state index is 0.0635. The second kappa shape index (κ2) is 7.04. The van der Waals surface area contributed by atoms with Crippen molar-refractivity contribution in [3.63, 3.8) is 0 Å². The third kappa shape index (κ3) is 4.61. The van der Waals surface area contributed by atoms with Crippen molar-refractivity contribution in [3.8, 4) is 0 Å². The van der Waals surface area contributed by atoms with Crippen molar-refractivity contribution in [2.75, 3.05) is 25.5 Å². The molecule has 19 heavy (non-hydrogen) atoms. The summed E-state index contributed by atoms with van der Waals surface area (Å²) in [6.45, 7) is 2.98. The van der Waals surface area contributed by atoms with Gasteiger partial charge in [-0.05, 0) is 25.5 Å². The van der Waals surface area contributed by atoms with E-state index in [4.69, 9.17) is 22.1 Å². The number of ether oxygens (including phenoxy) is 1. The maximum absolute atomic E-state index is 13.7.